The molecule has 0 fully saturated rings. The van der Waals surface area contributed by atoms with Crippen molar-refractivity contribution >= 4 is 23.4 Å². The molecule has 0 spiro atoms. The topological polar surface area (TPSA) is 67.4 Å². The van der Waals surface area contributed by atoms with Crippen LogP contribution < -0.4 is 15.6 Å². The molecule has 0 aliphatic heterocycles. The molecule has 0 aliphatic rings. The van der Waals surface area contributed by atoms with Gasteiger partial charge in [0.2, 0.25) is 0 Å². The summed E-state index contributed by atoms with van der Waals surface area (Å²) in [6, 6.07) is 15.4. The highest BCUT2D eigenvalue weighted by atomic mass is 35.5. The van der Waals surface area contributed by atoms with E-state index < -0.39 is 17.9 Å². The Labute approximate surface area is 133 Å². The van der Waals surface area contributed by atoms with Gasteiger partial charge >= 0.3 is 0 Å². The third kappa shape index (κ3) is 4.49. The Morgan fingerprint density at radius 1 is 1.05 bits per heavy atom. The number of hydrogen-bond donors (Lipinski definition) is 2. The second-order valence-electron chi connectivity index (χ2n) is 4.53. The number of amides is 2. The van der Waals surface area contributed by atoms with Crippen LogP contribution in [0.2, 0.25) is 5.02 Å². The SMILES string of the molecule is C[C@@H](Oc1ccccc1)C(=O)NNC(=O)c1cccc(Cl)c1. The lowest BCUT2D eigenvalue weighted by molar-refractivity contribution is -0.128. The van der Waals surface area contributed by atoms with Crippen molar-refractivity contribution in [2.45, 2.75) is 13.0 Å². The first-order valence-corrected chi connectivity index (χ1v) is 7.01. The summed E-state index contributed by atoms with van der Waals surface area (Å²) < 4.78 is 5.45. The summed E-state index contributed by atoms with van der Waals surface area (Å²) >= 11 is 5.81. The first-order chi connectivity index (χ1) is 10.6. The van der Waals surface area contributed by atoms with Gasteiger partial charge in [0, 0.05) is 10.6 Å². The number of benzene rings is 2. The molecule has 22 heavy (non-hydrogen) atoms. The second kappa shape index (κ2) is 7.47. The number of hydrogen-bond acceptors (Lipinski definition) is 3. The Balaban J connectivity index is 1.85. The largest absolute Gasteiger partial charge is 0.481 e. The zero-order valence-corrected chi connectivity index (χ0v) is 12.6. The van der Waals surface area contributed by atoms with Gasteiger partial charge in [-0.25, -0.2) is 0 Å². The van der Waals surface area contributed by atoms with Crippen LogP contribution in [0.5, 0.6) is 5.75 Å². The summed E-state index contributed by atoms with van der Waals surface area (Å²) in [4.78, 5) is 23.7. The van der Waals surface area contributed by atoms with Crippen molar-refractivity contribution in [1.82, 2.24) is 10.9 Å². The number of carbonyl (C=O) groups is 2. The molecule has 0 aromatic heterocycles. The highest BCUT2D eigenvalue weighted by Crippen LogP contribution is 2.11. The molecule has 2 N–H and O–H groups in total. The predicted molar refractivity (Wildman–Crippen MR) is 83.6 cm³/mol. The molecular weight excluding hydrogens is 304 g/mol. The van der Waals surface area contributed by atoms with Crippen LogP contribution in [0.25, 0.3) is 0 Å². The fourth-order valence-electron chi connectivity index (χ4n) is 1.68. The number of ether oxygens (including phenoxy) is 1. The fourth-order valence-corrected chi connectivity index (χ4v) is 1.87. The number of nitrogens with one attached hydrogen (secondary N) is 2. The van der Waals surface area contributed by atoms with Gasteiger partial charge in [-0.3, -0.25) is 20.4 Å². The van der Waals surface area contributed by atoms with Crippen LogP contribution >= 0.6 is 11.6 Å². The van der Waals surface area contributed by atoms with E-state index in [1.165, 1.54) is 6.07 Å². The number of para-hydroxylation sites is 1. The maximum absolute atomic E-state index is 11.9. The van der Waals surface area contributed by atoms with Gasteiger partial charge in [0.1, 0.15) is 5.75 Å². The van der Waals surface area contributed by atoms with Crippen molar-refractivity contribution in [3.05, 3.63) is 65.2 Å². The molecule has 0 aliphatic carbocycles. The number of carbonyl (C=O) groups excluding carboxylic acids is 2. The minimum atomic E-state index is -0.748. The van der Waals surface area contributed by atoms with Crippen molar-refractivity contribution in [3.63, 3.8) is 0 Å². The molecule has 114 valence electrons. The van der Waals surface area contributed by atoms with Crippen molar-refractivity contribution in [2.24, 2.45) is 0 Å². The highest BCUT2D eigenvalue weighted by molar-refractivity contribution is 6.30. The monoisotopic (exact) mass is 318 g/mol. The van der Waals surface area contributed by atoms with Crippen molar-refractivity contribution in [2.75, 3.05) is 0 Å². The zero-order valence-electron chi connectivity index (χ0n) is 11.9. The Kier molecular flexibility index (Phi) is 5.38. The molecule has 0 saturated heterocycles. The highest BCUT2D eigenvalue weighted by Gasteiger charge is 2.15. The van der Waals surface area contributed by atoms with Crippen LogP contribution in [-0.2, 0) is 4.79 Å². The lowest BCUT2D eigenvalue weighted by Gasteiger charge is -2.15. The van der Waals surface area contributed by atoms with Gasteiger partial charge < -0.3 is 4.74 Å². The van der Waals surface area contributed by atoms with Gasteiger partial charge in [-0.1, -0.05) is 35.9 Å². The summed E-state index contributed by atoms with van der Waals surface area (Å²) in [5, 5.41) is 0.444. The van der Waals surface area contributed by atoms with Crippen molar-refractivity contribution in [1.29, 1.82) is 0 Å². The Hall–Kier alpha value is -2.53. The summed E-state index contributed by atoms with van der Waals surface area (Å²) in [7, 11) is 0. The number of rotatable bonds is 4. The van der Waals surface area contributed by atoms with E-state index in [0.29, 0.717) is 16.3 Å². The second-order valence-corrected chi connectivity index (χ2v) is 4.96. The van der Waals surface area contributed by atoms with E-state index in [2.05, 4.69) is 10.9 Å². The lowest BCUT2D eigenvalue weighted by atomic mass is 10.2. The van der Waals surface area contributed by atoms with E-state index in [1.54, 1.807) is 49.4 Å². The Morgan fingerprint density at radius 3 is 2.45 bits per heavy atom. The van der Waals surface area contributed by atoms with Gasteiger partial charge in [-0.15, -0.1) is 0 Å². The zero-order chi connectivity index (χ0) is 15.9. The first kappa shape index (κ1) is 15.9. The van der Waals surface area contributed by atoms with E-state index in [0.717, 1.165) is 0 Å². The summed E-state index contributed by atoms with van der Waals surface area (Å²) in [6.07, 6.45) is -0.748. The van der Waals surface area contributed by atoms with Crippen LogP contribution in [-0.4, -0.2) is 17.9 Å². The third-order valence-electron chi connectivity index (χ3n) is 2.81. The summed E-state index contributed by atoms with van der Waals surface area (Å²) in [6.45, 7) is 1.59. The standard InChI is InChI=1S/C16H15ClN2O3/c1-11(22-14-8-3-2-4-9-14)15(20)18-19-16(21)12-6-5-7-13(17)10-12/h2-11H,1H3,(H,18,20)(H,19,21)/t11-/m1/s1. The van der Waals surface area contributed by atoms with Gasteiger partial charge in [0.25, 0.3) is 11.8 Å². The molecule has 0 radical (unpaired) electrons. The Morgan fingerprint density at radius 2 is 1.77 bits per heavy atom. The quantitative estimate of drug-likeness (QED) is 0.851. The maximum atomic E-state index is 11.9. The molecule has 0 bridgehead atoms. The number of halogens is 1. The summed E-state index contributed by atoms with van der Waals surface area (Å²) in [5.74, 6) is -0.340. The molecule has 1 atom stereocenters. The molecule has 6 heteroatoms. The molecule has 2 aromatic carbocycles. The van der Waals surface area contributed by atoms with E-state index in [4.69, 9.17) is 16.3 Å². The van der Waals surface area contributed by atoms with E-state index >= 15 is 0 Å². The molecule has 5 nitrogen and oxygen atoms in total. The van der Waals surface area contributed by atoms with Gasteiger partial charge in [-0.05, 0) is 37.3 Å². The van der Waals surface area contributed by atoms with Gasteiger partial charge in [0.05, 0.1) is 0 Å². The van der Waals surface area contributed by atoms with Crippen molar-refractivity contribution < 1.29 is 14.3 Å². The first-order valence-electron chi connectivity index (χ1n) is 6.64. The van der Waals surface area contributed by atoms with Gasteiger partial charge in [0.15, 0.2) is 6.10 Å². The van der Waals surface area contributed by atoms with E-state index in [1.807, 2.05) is 6.07 Å². The van der Waals surface area contributed by atoms with Crippen LogP contribution in [0.15, 0.2) is 54.6 Å². The minimum absolute atomic E-state index is 0.351. The van der Waals surface area contributed by atoms with E-state index in [9.17, 15) is 9.59 Å². The van der Waals surface area contributed by atoms with Gasteiger partial charge in [-0.2, -0.15) is 0 Å². The normalized spacial score (nSPS) is 11.4. The average molecular weight is 319 g/mol. The molecule has 2 rings (SSSR count). The molecular formula is C16H15ClN2O3. The molecule has 2 aromatic rings. The van der Waals surface area contributed by atoms with Crippen LogP contribution in [0.4, 0.5) is 0 Å². The predicted octanol–water partition coefficient (Wildman–Crippen LogP) is 2.57. The lowest BCUT2D eigenvalue weighted by Crippen LogP contribution is -2.47. The van der Waals surface area contributed by atoms with Crippen LogP contribution in [0.1, 0.15) is 17.3 Å². The molecule has 0 unspecified atom stereocenters. The van der Waals surface area contributed by atoms with E-state index in [-0.39, 0.29) is 0 Å². The third-order valence-corrected chi connectivity index (χ3v) is 3.05. The summed E-state index contributed by atoms with van der Waals surface area (Å²) in [5.41, 5.74) is 4.98. The van der Waals surface area contributed by atoms with Crippen LogP contribution in [0, 0.1) is 0 Å². The van der Waals surface area contributed by atoms with Crippen LogP contribution in [0.3, 0.4) is 0 Å². The smallest absolute Gasteiger partial charge is 0.279 e. The number of hydrazine groups is 1. The molecule has 0 saturated carbocycles. The van der Waals surface area contributed by atoms with Crippen molar-refractivity contribution in [3.8, 4) is 5.75 Å². The average Bonchev–Trinajstić information content (AvgIpc) is 2.53. The fraction of sp³-hybridized carbons (Fsp3) is 0.125. The minimum Gasteiger partial charge on any atom is -0.481 e. The molecule has 2 amide bonds. The Bertz CT molecular complexity index is 661. The maximum Gasteiger partial charge on any atom is 0.279 e. The molecule has 0 heterocycles.